The topological polar surface area (TPSA) is 12.0 Å². The van der Waals surface area contributed by atoms with Crippen molar-refractivity contribution in [3.05, 3.63) is 69.5 Å². The number of likely N-dealkylation sites (N-methyl/N-ethyl adjacent to an activating group) is 1. The fraction of sp³-hybridized carbons (Fsp3) is 0.333. The summed E-state index contributed by atoms with van der Waals surface area (Å²) in [5.74, 6) is -0.351. The molecule has 0 fully saturated rings. The van der Waals surface area contributed by atoms with E-state index >= 15 is 0 Å². The van der Waals surface area contributed by atoms with Crippen molar-refractivity contribution >= 4 is 11.6 Å². The van der Waals surface area contributed by atoms with E-state index in [1.165, 1.54) is 22.8 Å². The van der Waals surface area contributed by atoms with Gasteiger partial charge in [-0.25, -0.2) is 4.39 Å². The highest BCUT2D eigenvalue weighted by Crippen LogP contribution is 2.18. The molecule has 0 aliphatic heterocycles. The van der Waals surface area contributed by atoms with Crippen molar-refractivity contribution in [3.8, 4) is 0 Å². The van der Waals surface area contributed by atoms with E-state index in [1.807, 2.05) is 13.1 Å². The Morgan fingerprint density at radius 3 is 2.52 bits per heavy atom. The molecule has 0 spiro atoms. The van der Waals surface area contributed by atoms with Crippen LogP contribution in [0.3, 0.4) is 0 Å². The monoisotopic (exact) mass is 305 g/mol. The minimum absolute atomic E-state index is 0.175. The van der Waals surface area contributed by atoms with Crippen molar-refractivity contribution in [1.29, 1.82) is 0 Å². The Labute approximate surface area is 131 Å². The molecule has 0 radical (unpaired) electrons. The Morgan fingerprint density at radius 2 is 1.86 bits per heavy atom. The quantitative estimate of drug-likeness (QED) is 0.859. The summed E-state index contributed by atoms with van der Waals surface area (Å²) in [6.45, 7) is 4.23. The summed E-state index contributed by atoms with van der Waals surface area (Å²) in [6.07, 6.45) is 1.70. The second kappa shape index (κ2) is 7.06. The lowest BCUT2D eigenvalue weighted by Crippen LogP contribution is -2.30. The van der Waals surface area contributed by atoms with Gasteiger partial charge in [-0.2, -0.15) is 0 Å². The third kappa shape index (κ3) is 4.29. The Kier molecular flexibility index (Phi) is 5.38. The van der Waals surface area contributed by atoms with E-state index in [1.54, 1.807) is 6.07 Å². The minimum Gasteiger partial charge on any atom is -0.316 e. The maximum absolute atomic E-state index is 13.5. The maximum Gasteiger partial charge on any atom is 0.142 e. The van der Waals surface area contributed by atoms with Gasteiger partial charge < -0.3 is 5.32 Å². The average molecular weight is 306 g/mol. The number of nitrogens with one attached hydrogen (secondary N) is 1. The Bertz CT molecular complexity index is 625. The van der Waals surface area contributed by atoms with Crippen LogP contribution in [0.2, 0.25) is 5.02 Å². The van der Waals surface area contributed by atoms with Gasteiger partial charge in [-0.05, 0) is 62.6 Å². The molecule has 1 N–H and O–H groups in total. The molecule has 0 saturated carbocycles. The van der Waals surface area contributed by atoms with Crippen LogP contribution >= 0.6 is 11.6 Å². The number of aryl methyl sites for hydroxylation is 2. The SMILES string of the molecule is CNC(Cc1ccc(Cl)c(F)c1)Cc1cc(C)ccc1C. The van der Waals surface area contributed by atoms with Gasteiger partial charge in [0.05, 0.1) is 5.02 Å². The molecule has 2 aromatic rings. The minimum atomic E-state index is -0.351. The second-order valence-corrected chi connectivity index (χ2v) is 5.98. The highest BCUT2D eigenvalue weighted by Gasteiger charge is 2.11. The summed E-state index contributed by atoms with van der Waals surface area (Å²) < 4.78 is 13.5. The van der Waals surface area contributed by atoms with Crippen LogP contribution in [0.5, 0.6) is 0 Å². The number of hydrogen-bond acceptors (Lipinski definition) is 1. The molecule has 0 aliphatic rings. The van der Waals surface area contributed by atoms with Crippen LogP contribution in [0.4, 0.5) is 4.39 Å². The van der Waals surface area contributed by atoms with E-state index in [-0.39, 0.29) is 16.9 Å². The van der Waals surface area contributed by atoms with E-state index in [4.69, 9.17) is 11.6 Å². The lowest BCUT2D eigenvalue weighted by atomic mass is 9.95. The molecule has 1 unspecified atom stereocenters. The van der Waals surface area contributed by atoms with E-state index in [0.717, 1.165) is 18.4 Å². The summed E-state index contributed by atoms with van der Waals surface area (Å²) in [5, 5.41) is 3.50. The fourth-order valence-corrected chi connectivity index (χ4v) is 2.63. The van der Waals surface area contributed by atoms with E-state index in [2.05, 4.69) is 37.4 Å². The maximum atomic E-state index is 13.5. The van der Waals surface area contributed by atoms with Gasteiger partial charge in [0.1, 0.15) is 5.82 Å². The van der Waals surface area contributed by atoms with Gasteiger partial charge in [-0.1, -0.05) is 41.4 Å². The molecule has 0 aromatic heterocycles. The molecule has 2 rings (SSSR count). The van der Waals surface area contributed by atoms with Crippen molar-refractivity contribution in [2.75, 3.05) is 7.05 Å². The van der Waals surface area contributed by atoms with E-state index in [0.29, 0.717) is 0 Å². The van der Waals surface area contributed by atoms with Gasteiger partial charge in [0.2, 0.25) is 0 Å². The van der Waals surface area contributed by atoms with Gasteiger partial charge in [-0.15, -0.1) is 0 Å². The smallest absolute Gasteiger partial charge is 0.142 e. The lowest BCUT2D eigenvalue weighted by Gasteiger charge is -2.18. The molecular weight excluding hydrogens is 285 g/mol. The first-order valence-corrected chi connectivity index (χ1v) is 7.54. The third-order valence-electron chi connectivity index (χ3n) is 3.85. The molecule has 3 heteroatoms. The number of benzene rings is 2. The average Bonchev–Trinajstić information content (AvgIpc) is 2.46. The van der Waals surface area contributed by atoms with Crippen molar-refractivity contribution in [1.82, 2.24) is 5.32 Å². The van der Waals surface area contributed by atoms with Crippen molar-refractivity contribution in [3.63, 3.8) is 0 Å². The first-order valence-electron chi connectivity index (χ1n) is 7.17. The Hall–Kier alpha value is -1.38. The number of hydrogen-bond donors (Lipinski definition) is 1. The normalized spacial score (nSPS) is 12.4. The molecule has 0 saturated heterocycles. The molecule has 0 bridgehead atoms. The fourth-order valence-electron chi connectivity index (χ4n) is 2.51. The van der Waals surface area contributed by atoms with E-state index in [9.17, 15) is 4.39 Å². The van der Waals surface area contributed by atoms with Gasteiger partial charge in [-0.3, -0.25) is 0 Å². The summed E-state index contributed by atoms with van der Waals surface area (Å²) >= 11 is 5.73. The zero-order valence-corrected chi connectivity index (χ0v) is 13.5. The standard InChI is InChI=1S/C18H21ClFN/c1-12-4-5-13(2)15(8-12)11-16(21-3)9-14-6-7-17(19)18(20)10-14/h4-8,10,16,21H,9,11H2,1-3H3. The van der Waals surface area contributed by atoms with Gasteiger partial charge >= 0.3 is 0 Å². The zero-order chi connectivity index (χ0) is 15.4. The first-order chi connectivity index (χ1) is 9.99. The summed E-state index contributed by atoms with van der Waals surface area (Å²) in [4.78, 5) is 0. The summed E-state index contributed by atoms with van der Waals surface area (Å²) in [6, 6.07) is 11.8. The molecule has 1 atom stereocenters. The van der Waals surface area contributed by atoms with Crippen LogP contribution in [0.15, 0.2) is 36.4 Å². The predicted molar refractivity (Wildman–Crippen MR) is 87.6 cm³/mol. The van der Waals surface area contributed by atoms with Crippen molar-refractivity contribution in [2.24, 2.45) is 0 Å². The lowest BCUT2D eigenvalue weighted by molar-refractivity contribution is 0.551. The van der Waals surface area contributed by atoms with Crippen LogP contribution in [0.1, 0.15) is 22.3 Å². The predicted octanol–water partition coefficient (Wildman–Crippen LogP) is 4.47. The molecule has 0 heterocycles. The van der Waals surface area contributed by atoms with Crippen LogP contribution < -0.4 is 5.32 Å². The largest absolute Gasteiger partial charge is 0.316 e. The molecule has 1 nitrogen and oxygen atoms in total. The van der Waals surface area contributed by atoms with Crippen LogP contribution in [0, 0.1) is 19.7 Å². The molecule has 0 aliphatic carbocycles. The van der Waals surface area contributed by atoms with Crippen molar-refractivity contribution in [2.45, 2.75) is 32.7 Å². The number of rotatable bonds is 5. The van der Waals surface area contributed by atoms with Crippen molar-refractivity contribution < 1.29 is 4.39 Å². The zero-order valence-electron chi connectivity index (χ0n) is 12.7. The van der Waals surface area contributed by atoms with Crippen LogP contribution in [-0.4, -0.2) is 13.1 Å². The second-order valence-electron chi connectivity index (χ2n) is 5.57. The van der Waals surface area contributed by atoms with Gasteiger partial charge in [0.25, 0.3) is 0 Å². The first kappa shape index (κ1) is 16.0. The Balaban J connectivity index is 2.12. The van der Waals surface area contributed by atoms with E-state index < -0.39 is 0 Å². The van der Waals surface area contributed by atoms with Gasteiger partial charge in [0.15, 0.2) is 0 Å². The van der Waals surface area contributed by atoms with Crippen LogP contribution in [-0.2, 0) is 12.8 Å². The Morgan fingerprint density at radius 1 is 1.10 bits per heavy atom. The molecule has 2 aromatic carbocycles. The summed E-state index contributed by atoms with van der Waals surface area (Å²) in [5.41, 5.74) is 4.86. The highest BCUT2D eigenvalue weighted by molar-refractivity contribution is 6.30. The molecule has 21 heavy (non-hydrogen) atoms. The van der Waals surface area contributed by atoms with Crippen LogP contribution in [0.25, 0.3) is 0 Å². The van der Waals surface area contributed by atoms with Gasteiger partial charge in [0, 0.05) is 6.04 Å². The summed E-state index contributed by atoms with van der Waals surface area (Å²) in [7, 11) is 1.95. The highest BCUT2D eigenvalue weighted by atomic mass is 35.5. The molecule has 0 amide bonds. The third-order valence-corrected chi connectivity index (χ3v) is 4.15. The number of halogens is 2. The molecule has 112 valence electrons. The molecular formula is C18H21ClFN.